The third-order valence-electron chi connectivity index (χ3n) is 1.88. The van der Waals surface area contributed by atoms with E-state index in [0.29, 0.717) is 12.5 Å². The van der Waals surface area contributed by atoms with Crippen molar-refractivity contribution in [3.8, 4) is 0 Å². The molecule has 0 aromatic carbocycles. The largest absolute Gasteiger partial charge is 0.377 e. The topological polar surface area (TPSA) is 45.7 Å². The number of aliphatic imine (C=N–C) groups is 1. The Morgan fingerprint density at radius 3 is 2.31 bits per heavy atom. The number of nitrogens with zero attached hydrogens (tertiary/aromatic N) is 1. The minimum absolute atomic E-state index is 0. The lowest BCUT2D eigenvalue weighted by molar-refractivity contribution is 0.0268. The van der Waals surface area contributed by atoms with Crippen molar-refractivity contribution < 1.29 is 13.5 Å². The highest BCUT2D eigenvalue weighted by Crippen LogP contribution is 2.04. The number of alkyl halides is 2. The lowest BCUT2D eigenvalue weighted by Crippen LogP contribution is -2.46. The molecule has 0 aromatic heterocycles. The first-order chi connectivity index (χ1) is 6.91. The molecule has 0 spiro atoms. The van der Waals surface area contributed by atoms with Gasteiger partial charge in [0.05, 0.1) is 12.1 Å². The zero-order chi connectivity index (χ0) is 11.9. The van der Waals surface area contributed by atoms with E-state index in [1.54, 1.807) is 7.11 Å². The van der Waals surface area contributed by atoms with Crippen molar-refractivity contribution in [1.29, 1.82) is 0 Å². The highest BCUT2D eigenvalue weighted by molar-refractivity contribution is 14.0. The Morgan fingerprint density at radius 2 is 1.94 bits per heavy atom. The molecule has 0 atom stereocenters. The van der Waals surface area contributed by atoms with E-state index >= 15 is 0 Å². The quantitative estimate of drug-likeness (QED) is 0.448. The zero-order valence-corrected chi connectivity index (χ0v) is 12.3. The molecule has 7 heteroatoms. The standard InChI is InChI=1S/C9H19F2N3O.HI/c1-9(2,15-4)6-14-8(12-3)13-5-7(10)11;/h7H,5-6H2,1-4H3,(H2,12,13,14);1H. The molecule has 0 aromatic rings. The Kier molecular flexibility index (Phi) is 10.1. The molecule has 0 bridgehead atoms. The van der Waals surface area contributed by atoms with Crippen molar-refractivity contribution in [3.05, 3.63) is 0 Å². The van der Waals surface area contributed by atoms with Crippen LogP contribution in [0.5, 0.6) is 0 Å². The van der Waals surface area contributed by atoms with Gasteiger partial charge in [-0.05, 0) is 13.8 Å². The molecule has 0 aliphatic carbocycles. The van der Waals surface area contributed by atoms with Crippen LogP contribution in [-0.4, -0.2) is 45.2 Å². The van der Waals surface area contributed by atoms with Crippen LogP contribution in [0, 0.1) is 0 Å². The molecule has 98 valence electrons. The van der Waals surface area contributed by atoms with Crippen LogP contribution in [0.2, 0.25) is 0 Å². The van der Waals surface area contributed by atoms with E-state index < -0.39 is 13.0 Å². The fourth-order valence-electron chi connectivity index (χ4n) is 0.763. The van der Waals surface area contributed by atoms with Gasteiger partial charge < -0.3 is 15.4 Å². The maximum atomic E-state index is 11.9. The van der Waals surface area contributed by atoms with Gasteiger partial charge in [0.1, 0.15) is 0 Å². The number of halogens is 3. The Balaban J connectivity index is 0. The van der Waals surface area contributed by atoms with Gasteiger partial charge in [-0.1, -0.05) is 0 Å². The van der Waals surface area contributed by atoms with Gasteiger partial charge in [-0.25, -0.2) is 8.78 Å². The summed E-state index contributed by atoms with van der Waals surface area (Å²) in [6, 6.07) is 0. The molecule has 16 heavy (non-hydrogen) atoms. The van der Waals surface area contributed by atoms with Crippen LogP contribution in [0.25, 0.3) is 0 Å². The third-order valence-corrected chi connectivity index (χ3v) is 1.88. The molecule has 0 saturated carbocycles. The summed E-state index contributed by atoms with van der Waals surface area (Å²) >= 11 is 0. The molecule has 0 rings (SSSR count). The predicted octanol–water partition coefficient (Wildman–Crippen LogP) is 1.46. The van der Waals surface area contributed by atoms with Crippen molar-refractivity contribution in [2.45, 2.75) is 25.9 Å². The molecule has 0 aliphatic rings. The maximum absolute atomic E-state index is 11.9. The highest BCUT2D eigenvalue weighted by Gasteiger charge is 2.16. The molecule has 0 unspecified atom stereocenters. The van der Waals surface area contributed by atoms with Gasteiger partial charge in [-0.2, -0.15) is 0 Å². The average molecular weight is 351 g/mol. The number of methoxy groups -OCH3 is 1. The fraction of sp³-hybridized carbons (Fsp3) is 0.889. The van der Waals surface area contributed by atoms with Crippen LogP contribution >= 0.6 is 24.0 Å². The van der Waals surface area contributed by atoms with Crippen LogP contribution in [0.3, 0.4) is 0 Å². The zero-order valence-electron chi connectivity index (χ0n) is 10.0. The summed E-state index contributed by atoms with van der Waals surface area (Å²) in [4.78, 5) is 3.80. The summed E-state index contributed by atoms with van der Waals surface area (Å²) in [7, 11) is 3.12. The second-order valence-corrected chi connectivity index (χ2v) is 3.66. The van der Waals surface area contributed by atoms with Crippen LogP contribution < -0.4 is 10.6 Å². The predicted molar refractivity (Wildman–Crippen MR) is 71.9 cm³/mol. The van der Waals surface area contributed by atoms with E-state index in [0.717, 1.165) is 0 Å². The Morgan fingerprint density at radius 1 is 1.38 bits per heavy atom. The van der Waals surface area contributed by atoms with E-state index in [2.05, 4.69) is 15.6 Å². The third kappa shape index (κ3) is 9.08. The Bertz CT molecular complexity index is 213. The van der Waals surface area contributed by atoms with Crippen molar-refractivity contribution in [2.24, 2.45) is 4.99 Å². The number of hydrogen-bond donors (Lipinski definition) is 2. The number of hydrogen-bond acceptors (Lipinski definition) is 2. The Labute approximate surface area is 112 Å². The number of nitrogens with one attached hydrogen (secondary N) is 2. The van der Waals surface area contributed by atoms with Gasteiger partial charge in [0.25, 0.3) is 6.43 Å². The van der Waals surface area contributed by atoms with Crippen molar-refractivity contribution >= 4 is 29.9 Å². The van der Waals surface area contributed by atoms with Gasteiger partial charge in [0.15, 0.2) is 5.96 Å². The van der Waals surface area contributed by atoms with Gasteiger partial charge in [0.2, 0.25) is 0 Å². The SMILES string of the molecule is CN=C(NCC(F)F)NCC(C)(C)OC.I. The molecule has 2 N–H and O–H groups in total. The molecule has 0 saturated heterocycles. The van der Waals surface area contributed by atoms with Gasteiger partial charge in [0, 0.05) is 20.7 Å². The fourth-order valence-corrected chi connectivity index (χ4v) is 0.763. The molecule has 0 aliphatic heterocycles. The van der Waals surface area contributed by atoms with Crippen LogP contribution in [0.4, 0.5) is 8.78 Å². The maximum Gasteiger partial charge on any atom is 0.255 e. The number of rotatable bonds is 5. The van der Waals surface area contributed by atoms with E-state index in [9.17, 15) is 8.78 Å². The first-order valence-corrected chi connectivity index (χ1v) is 4.69. The number of ether oxygens (including phenoxy) is 1. The van der Waals surface area contributed by atoms with E-state index in [1.807, 2.05) is 13.8 Å². The molecule has 0 amide bonds. The van der Waals surface area contributed by atoms with E-state index in [1.165, 1.54) is 7.05 Å². The highest BCUT2D eigenvalue weighted by atomic mass is 127. The lowest BCUT2D eigenvalue weighted by Gasteiger charge is -2.24. The van der Waals surface area contributed by atoms with Gasteiger partial charge >= 0.3 is 0 Å². The molecule has 0 radical (unpaired) electrons. The lowest BCUT2D eigenvalue weighted by atomic mass is 10.1. The smallest absolute Gasteiger partial charge is 0.255 e. The van der Waals surface area contributed by atoms with E-state index in [-0.39, 0.29) is 29.6 Å². The summed E-state index contributed by atoms with van der Waals surface area (Å²) in [5, 5.41) is 5.40. The van der Waals surface area contributed by atoms with Crippen LogP contribution in [0.15, 0.2) is 4.99 Å². The Hall–Kier alpha value is -0.180. The van der Waals surface area contributed by atoms with Crippen LogP contribution in [0.1, 0.15) is 13.8 Å². The normalized spacial score (nSPS) is 12.3. The van der Waals surface area contributed by atoms with Gasteiger partial charge in [-0.15, -0.1) is 24.0 Å². The van der Waals surface area contributed by atoms with Crippen molar-refractivity contribution in [1.82, 2.24) is 10.6 Å². The first kappa shape index (κ1) is 18.2. The molecule has 4 nitrogen and oxygen atoms in total. The molecule has 0 fully saturated rings. The second-order valence-electron chi connectivity index (χ2n) is 3.66. The molecular formula is C9H20F2IN3O. The summed E-state index contributed by atoms with van der Waals surface area (Å²) in [6.45, 7) is 3.86. The minimum atomic E-state index is -2.39. The average Bonchev–Trinajstić information content (AvgIpc) is 2.18. The summed E-state index contributed by atoms with van der Waals surface area (Å²) in [5.41, 5.74) is -0.359. The summed E-state index contributed by atoms with van der Waals surface area (Å²) in [6.07, 6.45) is -2.39. The van der Waals surface area contributed by atoms with Crippen LogP contribution in [-0.2, 0) is 4.74 Å². The van der Waals surface area contributed by atoms with Crippen molar-refractivity contribution in [3.63, 3.8) is 0 Å². The summed E-state index contributed by atoms with van der Waals surface area (Å²) < 4.78 is 29.0. The first-order valence-electron chi connectivity index (χ1n) is 4.69. The monoisotopic (exact) mass is 351 g/mol. The second kappa shape index (κ2) is 8.91. The van der Waals surface area contributed by atoms with Crippen molar-refractivity contribution in [2.75, 3.05) is 27.2 Å². The van der Waals surface area contributed by atoms with E-state index in [4.69, 9.17) is 4.74 Å². The number of guanidine groups is 1. The minimum Gasteiger partial charge on any atom is -0.377 e. The molecule has 0 heterocycles. The molecular weight excluding hydrogens is 331 g/mol. The van der Waals surface area contributed by atoms with Gasteiger partial charge in [-0.3, -0.25) is 4.99 Å². The summed E-state index contributed by atoms with van der Waals surface area (Å²) in [5.74, 6) is 0.348.